The van der Waals surface area contributed by atoms with Gasteiger partial charge in [-0.3, -0.25) is 0 Å². The van der Waals surface area contributed by atoms with Crippen LogP contribution in [0.5, 0.6) is 0 Å². The second-order valence-electron chi connectivity index (χ2n) is 27.5. The van der Waals surface area contributed by atoms with Crippen LogP contribution >= 0.6 is 0 Å². The van der Waals surface area contributed by atoms with Crippen LogP contribution in [0.15, 0.2) is 437 Å². The van der Waals surface area contributed by atoms with E-state index in [2.05, 4.69) is 456 Å². The molecule has 0 unspecified atom stereocenters. The van der Waals surface area contributed by atoms with Crippen molar-refractivity contribution in [2.24, 2.45) is 0 Å². The van der Waals surface area contributed by atoms with E-state index in [0.717, 1.165) is 90.1 Å². The Labute approximate surface area is 620 Å². The van der Waals surface area contributed by atoms with Crippen LogP contribution in [0.2, 0.25) is 0 Å². The van der Waals surface area contributed by atoms with Crippen LogP contribution in [0.3, 0.4) is 0 Å². The molecule has 0 N–H and O–H groups in total. The summed E-state index contributed by atoms with van der Waals surface area (Å²) in [5.41, 5.74) is 28.7. The first-order valence-corrected chi connectivity index (χ1v) is 36.6. The summed E-state index contributed by atoms with van der Waals surface area (Å²) >= 11 is 0. The molecule has 0 atom stereocenters. The minimum absolute atomic E-state index is 0.588. The Hall–Kier alpha value is -13.8. The van der Waals surface area contributed by atoms with Gasteiger partial charge in [-0.1, -0.05) is 297 Å². The van der Waals surface area contributed by atoms with Gasteiger partial charge in [0.05, 0.1) is 16.5 Å². The lowest BCUT2D eigenvalue weighted by atomic mass is 9.67. The first kappa shape index (κ1) is 63.1. The van der Waals surface area contributed by atoms with Gasteiger partial charge in [0.25, 0.3) is 0 Å². The summed E-state index contributed by atoms with van der Waals surface area (Å²) in [5, 5.41) is 2.28. The predicted molar refractivity (Wildman–Crippen MR) is 443 cm³/mol. The highest BCUT2D eigenvalue weighted by Crippen LogP contribution is 2.60. The summed E-state index contributed by atoms with van der Waals surface area (Å²) in [6.45, 7) is 0. The average Bonchev–Trinajstić information content (AvgIpc) is 1.53. The number of benzene rings is 17. The minimum atomic E-state index is -0.601. The fraction of sp³-hybridized carbons (Fsp3) is 0.0196. The molecule has 17 aromatic carbocycles. The third-order valence-electron chi connectivity index (χ3n) is 21.8. The number of nitrogens with zero attached hydrogens (tertiary/aromatic N) is 4. The molecule has 0 aliphatic heterocycles. The summed E-state index contributed by atoms with van der Waals surface area (Å²) in [7, 11) is 0. The largest absolute Gasteiger partial charge is 0.311 e. The van der Waals surface area contributed by atoms with E-state index >= 15 is 0 Å². The van der Waals surface area contributed by atoms with Crippen LogP contribution in [0.25, 0.3) is 44.2 Å². The molecule has 0 bridgehead atoms. The van der Waals surface area contributed by atoms with Gasteiger partial charge in [0.1, 0.15) is 0 Å². The molecule has 0 radical (unpaired) electrons. The number of fused-ring (bicyclic) bond motifs is 7. The lowest BCUT2D eigenvalue weighted by Crippen LogP contribution is -2.28. The predicted octanol–water partition coefficient (Wildman–Crippen LogP) is 27.1. The van der Waals surface area contributed by atoms with E-state index in [0.29, 0.717) is 0 Å². The summed E-state index contributed by atoms with van der Waals surface area (Å²) in [4.78, 5) is 9.59. The molecule has 19 rings (SSSR count). The van der Waals surface area contributed by atoms with Gasteiger partial charge < -0.3 is 19.6 Å². The molecule has 2 aliphatic rings. The number of anilines is 12. The topological polar surface area (TPSA) is 13.0 Å². The molecule has 0 saturated carbocycles. The van der Waals surface area contributed by atoms with Crippen molar-refractivity contribution in [3.05, 3.63) is 481 Å². The van der Waals surface area contributed by atoms with Crippen LogP contribution < -0.4 is 19.6 Å². The molecule has 17 aromatic rings. The smallest absolute Gasteiger partial charge is 0.0714 e. The van der Waals surface area contributed by atoms with Crippen LogP contribution in [-0.4, -0.2) is 0 Å². The lowest BCUT2D eigenvalue weighted by molar-refractivity contribution is 0.768. The molecule has 0 aromatic heterocycles. The number of hydrogen-bond donors (Lipinski definition) is 0. The maximum atomic E-state index is 2.49. The number of hydrogen-bond acceptors (Lipinski definition) is 4. The van der Waals surface area contributed by atoms with Gasteiger partial charge in [0.15, 0.2) is 0 Å². The highest BCUT2D eigenvalue weighted by atomic mass is 15.2. The van der Waals surface area contributed by atoms with E-state index in [9.17, 15) is 0 Å². The first-order valence-electron chi connectivity index (χ1n) is 36.6. The molecule has 0 fully saturated rings. The highest BCUT2D eigenvalue weighted by Gasteiger charge is 2.48. The Kier molecular flexibility index (Phi) is 16.0. The van der Waals surface area contributed by atoms with Crippen molar-refractivity contribution in [2.75, 3.05) is 19.6 Å². The monoisotopic (exact) mass is 1350 g/mol. The summed E-state index contributed by atoms with van der Waals surface area (Å²) in [6.07, 6.45) is 0. The van der Waals surface area contributed by atoms with Crippen molar-refractivity contribution in [3.8, 4) is 33.4 Å². The van der Waals surface area contributed by atoms with Crippen LogP contribution in [0, 0.1) is 0 Å². The maximum absolute atomic E-state index is 2.49. The second-order valence-corrected chi connectivity index (χ2v) is 27.5. The molecule has 500 valence electrons. The lowest BCUT2D eigenvalue weighted by Gasteiger charge is -2.35. The Bertz CT molecular complexity index is 5820. The van der Waals surface area contributed by atoms with Crippen LogP contribution in [-0.2, 0) is 10.8 Å². The number of rotatable bonds is 17. The van der Waals surface area contributed by atoms with Gasteiger partial charge in [-0.2, -0.15) is 0 Å². The number of para-hydroxylation sites is 4. The Balaban J connectivity index is 0.768. The standard InChI is InChI=1S/C102H72N4/c1-9-31-74(32-10-1)101(75-33-11-2-12-34-75)96-51-29-27-48-91(96)93-67-65-87(71-98(93)101)105(85-59-57-83(58-60-85)103(78-39-17-5-18-40-78)79-41-19-6-20-42-79)82-55-53-73(54-56-82)89-69-70-100(95-50-26-25-47-90(89)95)106(86-63-61-84(62-64-86)104(80-43-21-7-22-44-80)81-45-23-8-24-46-81)88-66-68-94-92-49-28-30-52-97(92)102(99(94)72-88,76-35-13-3-14-36-76)77-37-15-4-16-38-77/h1-72H. The van der Waals surface area contributed by atoms with Gasteiger partial charge in [0.2, 0.25) is 0 Å². The molecule has 106 heavy (non-hydrogen) atoms. The third-order valence-corrected chi connectivity index (χ3v) is 21.8. The normalized spacial score (nSPS) is 12.7. The molecule has 4 heteroatoms. The minimum Gasteiger partial charge on any atom is -0.311 e. The Morgan fingerprint density at radius 1 is 0.151 bits per heavy atom. The van der Waals surface area contributed by atoms with Crippen molar-refractivity contribution >= 4 is 79.0 Å². The molecule has 0 heterocycles. The summed E-state index contributed by atoms with van der Waals surface area (Å²) < 4.78 is 0. The second kappa shape index (κ2) is 26.9. The van der Waals surface area contributed by atoms with Gasteiger partial charge >= 0.3 is 0 Å². The SMILES string of the molecule is c1ccc(N(c2ccccc2)c2ccc(N(c3ccc(-c4ccc(N(c5ccc(N(c6ccccc6)c6ccccc6)cc5)c5ccc6c(c5)C(c5ccccc5)(c5ccccc5)c5ccccc5-6)c5ccccc45)cc3)c3ccc4c(c3)C(c3ccccc3)(c3ccccc3)c3ccccc3-4)cc2)cc1. The molecule has 0 amide bonds. The van der Waals surface area contributed by atoms with E-state index in [1.165, 1.54) is 66.8 Å². The maximum Gasteiger partial charge on any atom is 0.0714 e. The Morgan fingerprint density at radius 2 is 0.396 bits per heavy atom. The third kappa shape index (κ3) is 10.6. The Morgan fingerprint density at radius 3 is 0.764 bits per heavy atom. The quantitative estimate of drug-likeness (QED) is 0.0901. The van der Waals surface area contributed by atoms with E-state index in [1.54, 1.807) is 0 Å². The summed E-state index contributed by atoms with van der Waals surface area (Å²) in [6, 6.07) is 161. The zero-order chi connectivity index (χ0) is 70.4. The fourth-order valence-corrected chi connectivity index (χ4v) is 17.2. The van der Waals surface area contributed by atoms with Crippen molar-refractivity contribution in [3.63, 3.8) is 0 Å². The van der Waals surface area contributed by atoms with Crippen LogP contribution in [0.4, 0.5) is 68.2 Å². The van der Waals surface area contributed by atoms with Gasteiger partial charge in [-0.05, 0) is 223 Å². The molecule has 0 spiro atoms. The molecule has 2 aliphatic carbocycles. The molecular weight excluding hydrogens is 1280 g/mol. The van der Waals surface area contributed by atoms with E-state index in [1.807, 2.05) is 0 Å². The summed E-state index contributed by atoms with van der Waals surface area (Å²) in [5.74, 6) is 0. The van der Waals surface area contributed by atoms with E-state index < -0.39 is 10.8 Å². The van der Waals surface area contributed by atoms with Gasteiger partial charge in [0, 0.05) is 67.9 Å². The fourth-order valence-electron chi connectivity index (χ4n) is 17.2. The average molecular weight is 1350 g/mol. The van der Waals surface area contributed by atoms with Crippen molar-refractivity contribution in [2.45, 2.75) is 10.8 Å². The van der Waals surface area contributed by atoms with Crippen molar-refractivity contribution < 1.29 is 0 Å². The van der Waals surface area contributed by atoms with Crippen molar-refractivity contribution in [1.82, 2.24) is 0 Å². The van der Waals surface area contributed by atoms with E-state index in [-0.39, 0.29) is 0 Å². The van der Waals surface area contributed by atoms with E-state index in [4.69, 9.17) is 0 Å². The first-order chi connectivity index (χ1) is 52.6. The molecular formula is C102H72N4. The van der Waals surface area contributed by atoms with Crippen LogP contribution in [0.1, 0.15) is 44.5 Å². The van der Waals surface area contributed by atoms with Crippen molar-refractivity contribution in [1.29, 1.82) is 0 Å². The van der Waals surface area contributed by atoms with Gasteiger partial charge in [-0.25, -0.2) is 0 Å². The van der Waals surface area contributed by atoms with Gasteiger partial charge in [-0.15, -0.1) is 0 Å². The zero-order valence-corrected chi connectivity index (χ0v) is 58.4. The molecule has 4 nitrogen and oxygen atoms in total. The highest BCUT2D eigenvalue weighted by molar-refractivity contribution is 6.07. The molecule has 0 saturated heterocycles. The zero-order valence-electron chi connectivity index (χ0n) is 58.4.